The van der Waals surface area contributed by atoms with Crippen LogP contribution in [0.2, 0.25) is 5.02 Å². The molecule has 1 fully saturated rings. The highest BCUT2D eigenvalue weighted by Crippen LogP contribution is 2.30. The van der Waals surface area contributed by atoms with Crippen molar-refractivity contribution in [1.82, 2.24) is 24.6 Å². The van der Waals surface area contributed by atoms with Crippen molar-refractivity contribution in [3.05, 3.63) is 76.8 Å². The molecular formula is C19H19ClFN5. The number of aromatic nitrogens is 4. The Balaban J connectivity index is 1.73. The van der Waals surface area contributed by atoms with Crippen LogP contribution in [0.25, 0.3) is 0 Å². The van der Waals surface area contributed by atoms with Gasteiger partial charge in [-0.2, -0.15) is 5.10 Å². The van der Waals surface area contributed by atoms with Crippen LogP contribution >= 0.6 is 11.6 Å². The number of likely N-dealkylation sites (tertiary alicyclic amines) is 1. The third kappa shape index (κ3) is 3.34. The minimum Gasteiger partial charge on any atom is -0.290 e. The number of halogens is 2. The van der Waals surface area contributed by atoms with Crippen LogP contribution in [0.15, 0.2) is 49.1 Å². The summed E-state index contributed by atoms with van der Waals surface area (Å²) in [7, 11) is 0. The molecule has 1 atom stereocenters. The highest BCUT2D eigenvalue weighted by atomic mass is 35.5. The molecule has 3 aromatic rings. The number of pyridine rings is 1. The first-order valence-corrected chi connectivity index (χ1v) is 9.06. The molecule has 1 aliphatic heterocycles. The van der Waals surface area contributed by atoms with Crippen LogP contribution in [0.4, 0.5) is 4.39 Å². The van der Waals surface area contributed by atoms with Crippen molar-refractivity contribution in [3.63, 3.8) is 0 Å². The molecule has 5 nitrogen and oxygen atoms in total. The normalized spacial score (nSPS) is 16.1. The summed E-state index contributed by atoms with van der Waals surface area (Å²) in [5.74, 6) is 0.442. The molecule has 0 saturated carbocycles. The van der Waals surface area contributed by atoms with E-state index in [2.05, 4.69) is 20.0 Å². The Kier molecular flexibility index (Phi) is 4.95. The first-order chi connectivity index (χ1) is 12.7. The Morgan fingerprint density at radius 1 is 1.15 bits per heavy atom. The van der Waals surface area contributed by atoms with Crippen LogP contribution in [-0.2, 0) is 6.54 Å². The molecule has 0 radical (unpaired) electrons. The molecule has 3 heterocycles. The summed E-state index contributed by atoms with van der Waals surface area (Å²) in [6.07, 6.45) is 7.45. The van der Waals surface area contributed by atoms with Crippen LogP contribution in [-0.4, -0.2) is 37.7 Å². The number of rotatable bonds is 5. The minimum absolute atomic E-state index is 0.0563. The number of hydrogen-bond donors (Lipinski definition) is 0. The van der Waals surface area contributed by atoms with E-state index in [1.165, 1.54) is 12.4 Å². The topological polar surface area (TPSA) is 46.8 Å². The lowest BCUT2D eigenvalue weighted by Gasteiger charge is -2.27. The molecule has 1 saturated heterocycles. The molecule has 2 aromatic heterocycles. The van der Waals surface area contributed by atoms with Crippen molar-refractivity contribution in [1.29, 1.82) is 0 Å². The molecule has 134 valence electrons. The van der Waals surface area contributed by atoms with E-state index in [-0.39, 0.29) is 18.4 Å². The smallest absolute Gasteiger partial charge is 0.149 e. The molecule has 1 aromatic carbocycles. The lowest BCUT2D eigenvalue weighted by atomic mass is 10.1. The van der Waals surface area contributed by atoms with E-state index in [0.29, 0.717) is 10.6 Å². The predicted molar refractivity (Wildman–Crippen MR) is 97.4 cm³/mol. The molecule has 7 heteroatoms. The highest BCUT2D eigenvalue weighted by molar-refractivity contribution is 6.31. The molecular weight excluding hydrogens is 353 g/mol. The van der Waals surface area contributed by atoms with Gasteiger partial charge in [-0.3, -0.25) is 9.88 Å². The molecule has 26 heavy (non-hydrogen) atoms. The van der Waals surface area contributed by atoms with E-state index in [9.17, 15) is 4.39 Å². The Labute approximate surface area is 156 Å². The maximum Gasteiger partial charge on any atom is 0.149 e. The van der Waals surface area contributed by atoms with Gasteiger partial charge >= 0.3 is 0 Å². The Morgan fingerprint density at radius 2 is 2.00 bits per heavy atom. The lowest BCUT2D eigenvalue weighted by Crippen LogP contribution is -2.29. The first-order valence-electron chi connectivity index (χ1n) is 8.68. The monoisotopic (exact) mass is 371 g/mol. The van der Waals surface area contributed by atoms with Gasteiger partial charge in [0.05, 0.1) is 12.6 Å². The van der Waals surface area contributed by atoms with Crippen molar-refractivity contribution in [2.45, 2.75) is 25.4 Å². The zero-order chi connectivity index (χ0) is 17.9. The molecule has 1 aliphatic rings. The van der Waals surface area contributed by atoms with Gasteiger partial charge in [-0.1, -0.05) is 23.7 Å². The standard InChI is InChI=1S/C19H19ClFN5/c20-16-6-3-7-17(21)15(16)12-26-19(23-13-24-26)18(25-9-1-2-10-25)14-5-4-8-22-11-14/h3-8,11,13,18H,1-2,9-10,12H2/t18-/m1/s1. The van der Waals surface area contributed by atoms with Crippen LogP contribution in [0.5, 0.6) is 0 Å². The average molecular weight is 372 g/mol. The van der Waals surface area contributed by atoms with Gasteiger partial charge in [0.25, 0.3) is 0 Å². The fourth-order valence-electron chi connectivity index (χ4n) is 3.50. The number of nitrogens with zero attached hydrogens (tertiary/aromatic N) is 5. The zero-order valence-electron chi connectivity index (χ0n) is 14.2. The summed E-state index contributed by atoms with van der Waals surface area (Å²) >= 11 is 6.20. The van der Waals surface area contributed by atoms with E-state index in [1.807, 2.05) is 18.3 Å². The van der Waals surface area contributed by atoms with E-state index in [1.54, 1.807) is 23.0 Å². The van der Waals surface area contributed by atoms with Crippen LogP contribution in [0, 0.1) is 5.82 Å². The van der Waals surface area contributed by atoms with E-state index in [0.717, 1.165) is 37.3 Å². The van der Waals surface area contributed by atoms with Gasteiger partial charge in [-0.05, 0) is 49.7 Å². The first kappa shape index (κ1) is 17.1. The van der Waals surface area contributed by atoms with Crippen molar-refractivity contribution < 1.29 is 4.39 Å². The Hall–Kier alpha value is -2.31. The summed E-state index contributed by atoms with van der Waals surface area (Å²) in [6, 6.07) is 8.62. The van der Waals surface area contributed by atoms with Gasteiger partial charge in [0, 0.05) is 23.0 Å². The van der Waals surface area contributed by atoms with E-state index >= 15 is 0 Å². The summed E-state index contributed by atoms with van der Waals surface area (Å²) < 4.78 is 16.0. The largest absolute Gasteiger partial charge is 0.290 e. The second-order valence-electron chi connectivity index (χ2n) is 6.41. The van der Waals surface area contributed by atoms with Crippen molar-refractivity contribution in [2.75, 3.05) is 13.1 Å². The molecule has 0 bridgehead atoms. The SMILES string of the molecule is Fc1cccc(Cl)c1Cn1ncnc1[C@@H](c1cccnc1)N1CCCC1. The summed E-state index contributed by atoms with van der Waals surface area (Å²) in [4.78, 5) is 11.1. The van der Waals surface area contributed by atoms with Gasteiger partial charge in [0.15, 0.2) is 0 Å². The second-order valence-corrected chi connectivity index (χ2v) is 6.82. The van der Waals surface area contributed by atoms with Crippen molar-refractivity contribution in [3.8, 4) is 0 Å². The summed E-state index contributed by atoms with van der Waals surface area (Å²) in [6.45, 7) is 2.23. The highest BCUT2D eigenvalue weighted by Gasteiger charge is 2.29. The van der Waals surface area contributed by atoms with Gasteiger partial charge in [0.1, 0.15) is 18.0 Å². The van der Waals surface area contributed by atoms with Crippen LogP contribution in [0.3, 0.4) is 0 Å². The quantitative estimate of drug-likeness (QED) is 0.686. The zero-order valence-corrected chi connectivity index (χ0v) is 15.0. The summed E-state index contributed by atoms with van der Waals surface area (Å²) in [5.41, 5.74) is 1.48. The van der Waals surface area contributed by atoms with Crippen LogP contribution in [0.1, 0.15) is 35.8 Å². The second kappa shape index (κ2) is 7.51. The van der Waals surface area contributed by atoms with Crippen molar-refractivity contribution >= 4 is 11.6 Å². The lowest BCUT2D eigenvalue weighted by molar-refractivity contribution is 0.264. The molecule has 0 N–H and O–H groups in total. The van der Waals surface area contributed by atoms with E-state index in [4.69, 9.17) is 11.6 Å². The fraction of sp³-hybridized carbons (Fsp3) is 0.316. The minimum atomic E-state index is -0.335. The average Bonchev–Trinajstić information content (AvgIpc) is 3.33. The Bertz CT molecular complexity index is 856. The van der Waals surface area contributed by atoms with Gasteiger partial charge in [-0.15, -0.1) is 0 Å². The molecule has 0 aliphatic carbocycles. The third-order valence-corrected chi connectivity index (χ3v) is 5.12. The maximum absolute atomic E-state index is 14.2. The summed E-state index contributed by atoms with van der Waals surface area (Å²) in [5, 5.41) is 4.74. The fourth-order valence-corrected chi connectivity index (χ4v) is 3.72. The molecule has 0 spiro atoms. The number of benzene rings is 1. The third-order valence-electron chi connectivity index (χ3n) is 4.77. The van der Waals surface area contributed by atoms with Gasteiger partial charge in [0.2, 0.25) is 0 Å². The molecule has 0 amide bonds. The molecule has 4 rings (SSSR count). The number of hydrogen-bond acceptors (Lipinski definition) is 4. The maximum atomic E-state index is 14.2. The van der Waals surface area contributed by atoms with E-state index < -0.39 is 0 Å². The van der Waals surface area contributed by atoms with Crippen molar-refractivity contribution in [2.24, 2.45) is 0 Å². The predicted octanol–water partition coefficient (Wildman–Crippen LogP) is 3.70. The Morgan fingerprint density at radius 3 is 2.73 bits per heavy atom. The van der Waals surface area contributed by atoms with Crippen LogP contribution < -0.4 is 0 Å². The van der Waals surface area contributed by atoms with Gasteiger partial charge in [-0.25, -0.2) is 14.1 Å². The molecule has 0 unspecified atom stereocenters. The van der Waals surface area contributed by atoms with Gasteiger partial charge < -0.3 is 0 Å².